The Morgan fingerprint density at radius 3 is 0.759 bits per heavy atom. The van der Waals surface area contributed by atoms with Crippen LogP contribution in [0.15, 0.2) is 122 Å². The highest BCUT2D eigenvalue weighted by atomic mass is 16.6. The first-order chi connectivity index (χ1) is 41.0. The smallest absolute Gasteiger partial charge is 0.306 e. The molecule has 1 atom stereocenters. The molecule has 0 heterocycles. The number of allylic oxidation sites excluding steroid dienone is 20. The summed E-state index contributed by atoms with van der Waals surface area (Å²) < 4.78 is 16.9. The lowest BCUT2D eigenvalue weighted by atomic mass is 10.0. The van der Waals surface area contributed by atoms with Crippen LogP contribution in [-0.2, 0) is 28.6 Å². The minimum absolute atomic E-state index is 0.0935. The van der Waals surface area contributed by atoms with Gasteiger partial charge in [-0.2, -0.15) is 0 Å². The second-order valence-corrected chi connectivity index (χ2v) is 23.0. The Bertz CT molecular complexity index is 1700. The number of hydrogen-bond donors (Lipinski definition) is 0. The van der Waals surface area contributed by atoms with Crippen molar-refractivity contribution in [2.24, 2.45) is 0 Å². The van der Waals surface area contributed by atoms with Crippen molar-refractivity contribution in [3.8, 4) is 0 Å². The van der Waals surface area contributed by atoms with E-state index < -0.39 is 6.10 Å². The summed E-state index contributed by atoms with van der Waals surface area (Å²) in [5.74, 6) is -0.924. The molecule has 0 N–H and O–H groups in total. The molecule has 0 aliphatic rings. The maximum atomic E-state index is 12.9. The lowest BCUT2D eigenvalue weighted by Crippen LogP contribution is -2.30. The van der Waals surface area contributed by atoms with Crippen LogP contribution in [0.5, 0.6) is 0 Å². The molecule has 0 aliphatic carbocycles. The van der Waals surface area contributed by atoms with Crippen LogP contribution in [0.2, 0.25) is 0 Å². The lowest BCUT2D eigenvalue weighted by molar-refractivity contribution is -0.167. The van der Waals surface area contributed by atoms with E-state index in [9.17, 15) is 14.4 Å². The number of carbonyl (C=O) groups excluding carboxylic acids is 3. The molecule has 0 saturated heterocycles. The van der Waals surface area contributed by atoms with Gasteiger partial charge in [-0.3, -0.25) is 14.4 Å². The number of carbonyl (C=O) groups is 3. The fourth-order valence-electron chi connectivity index (χ4n) is 9.79. The lowest BCUT2D eigenvalue weighted by Gasteiger charge is -2.18. The van der Waals surface area contributed by atoms with Gasteiger partial charge in [-0.1, -0.05) is 322 Å². The molecule has 0 aromatic heterocycles. The predicted molar refractivity (Wildman–Crippen MR) is 362 cm³/mol. The van der Waals surface area contributed by atoms with Crippen LogP contribution in [0.1, 0.15) is 329 Å². The third-order valence-electron chi connectivity index (χ3n) is 15.0. The molecule has 0 fully saturated rings. The van der Waals surface area contributed by atoms with E-state index in [1.165, 1.54) is 167 Å². The van der Waals surface area contributed by atoms with Gasteiger partial charge in [-0.15, -0.1) is 0 Å². The molecule has 0 rings (SSSR count). The molecule has 0 amide bonds. The summed E-state index contributed by atoms with van der Waals surface area (Å²) in [5, 5.41) is 0. The van der Waals surface area contributed by atoms with Crippen LogP contribution >= 0.6 is 0 Å². The van der Waals surface area contributed by atoms with E-state index in [1.54, 1.807) is 0 Å². The van der Waals surface area contributed by atoms with E-state index in [2.05, 4.69) is 142 Å². The Morgan fingerprint density at radius 1 is 0.253 bits per heavy atom. The molecule has 0 radical (unpaired) electrons. The number of hydrogen-bond acceptors (Lipinski definition) is 6. The van der Waals surface area contributed by atoms with Gasteiger partial charge in [-0.25, -0.2) is 0 Å². The molecule has 6 heteroatoms. The molecular formula is C77H130O6. The molecule has 0 saturated carbocycles. The minimum atomic E-state index is -0.803. The fourth-order valence-corrected chi connectivity index (χ4v) is 9.79. The average molecular weight is 1150 g/mol. The summed E-state index contributed by atoms with van der Waals surface area (Å²) in [6.45, 7) is 6.42. The largest absolute Gasteiger partial charge is 0.462 e. The fraction of sp³-hybridized carbons (Fsp3) is 0.701. The zero-order chi connectivity index (χ0) is 59.9. The first-order valence-corrected chi connectivity index (χ1v) is 35.0. The van der Waals surface area contributed by atoms with Crippen molar-refractivity contribution in [2.45, 2.75) is 335 Å². The Kier molecular flexibility index (Phi) is 66.7. The Morgan fingerprint density at radius 2 is 0.470 bits per heavy atom. The molecule has 0 aromatic carbocycles. The molecule has 0 spiro atoms. The molecule has 0 aromatic rings. The van der Waals surface area contributed by atoms with Gasteiger partial charge in [0.25, 0.3) is 0 Å². The van der Waals surface area contributed by atoms with Crippen molar-refractivity contribution in [2.75, 3.05) is 13.2 Å². The second kappa shape index (κ2) is 70.3. The summed E-state index contributed by atoms with van der Waals surface area (Å²) in [5.41, 5.74) is 0. The van der Waals surface area contributed by atoms with Gasteiger partial charge in [0.05, 0.1) is 0 Å². The number of rotatable bonds is 63. The van der Waals surface area contributed by atoms with Crippen LogP contribution in [0.3, 0.4) is 0 Å². The third-order valence-corrected chi connectivity index (χ3v) is 15.0. The monoisotopic (exact) mass is 1150 g/mol. The van der Waals surface area contributed by atoms with Gasteiger partial charge in [-0.05, 0) is 109 Å². The van der Waals surface area contributed by atoms with Crippen LogP contribution in [0, 0.1) is 0 Å². The number of unbranched alkanes of at least 4 members (excludes halogenated alkanes) is 32. The van der Waals surface area contributed by atoms with Crippen molar-refractivity contribution in [3.63, 3.8) is 0 Å². The summed E-state index contributed by atoms with van der Waals surface area (Å²) in [7, 11) is 0. The molecule has 1 unspecified atom stereocenters. The SMILES string of the molecule is CC/C=C\C/C=C\C/C=C\C/C=C\C/C=C\C/C=C\CCCCC(=O)OC(COC(=O)CCCCCCCCCCCCCCCCC)COC(=O)CCCCCCCCCCCCCCCCCC/C=C\C/C=C\C/C=C\C/C=C\CC. The van der Waals surface area contributed by atoms with Gasteiger partial charge in [0.15, 0.2) is 6.10 Å². The van der Waals surface area contributed by atoms with E-state index in [-0.39, 0.29) is 37.5 Å². The predicted octanol–water partition coefficient (Wildman–Crippen LogP) is 24.3. The van der Waals surface area contributed by atoms with Crippen molar-refractivity contribution in [1.82, 2.24) is 0 Å². The van der Waals surface area contributed by atoms with Gasteiger partial charge >= 0.3 is 17.9 Å². The van der Waals surface area contributed by atoms with Crippen molar-refractivity contribution in [1.29, 1.82) is 0 Å². The molecule has 474 valence electrons. The van der Waals surface area contributed by atoms with Crippen LogP contribution in [0.25, 0.3) is 0 Å². The van der Waals surface area contributed by atoms with Crippen molar-refractivity contribution >= 4 is 17.9 Å². The zero-order valence-electron chi connectivity index (χ0n) is 54.4. The minimum Gasteiger partial charge on any atom is -0.462 e. The maximum absolute atomic E-state index is 12.9. The van der Waals surface area contributed by atoms with Crippen molar-refractivity contribution < 1.29 is 28.6 Å². The summed E-state index contributed by atoms with van der Waals surface area (Å²) >= 11 is 0. The number of esters is 3. The maximum Gasteiger partial charge on any atom is 0.306 e. The number of ether oxygens (including phenoxy) is 3. The molecule has 0 aliphatic heterocycles. The van der Waals surface area contributed by atoms with Gasteiger partial charge in [0.1, 0.15) is 13.2 Å². The summed E-state index contributed by atoms with van der Waals surface area (Å²) in [6, 6.07) is 0. The third kappa shape index (κ3) is 68.5. The molecule has 83 heavy (non-hydrogen) atoms. The van der Waals surface area contributed by atoms with Crippen LogP contribution < -0.4 is 0 Å². The van der Waals surface area contributed by atoms with Crippen molar-refractivity contribution in [3.05, 3.63) is 122 Å². The second-order valence-electron chi connectivity index (χ2n) is 23.0. The first-order valence-electron chi connectivity index (χ1n) is 35.0. The molecular weight excluding hydrogens is 1020 g/mol. The Hall–Kier alpha value is -4.19. The van der Waals surface area contributed by atoms with Crippen LogP contribution in [0.4, 0.5) is 0 Å². The normalized spacial score (nSPS) is 12.9. The average Bonchev–Trinajstić information content (AvgIpc) is 3.49. The highest BCUT2D eigenvalue weighted by Gasteiger charge is 2.19. The zero-order valence-corrected chi connectivity index (χ0v) is 54.4. The Balaban J connectivity index is 4.34. The van der Waals surface area contributed by atoms with E-state index in [4.69, 9.17) is 14.2 Å². The van der Waals surface area contributed by atoms with Gasteiger partial charge in [0.2, 0.25) is 0 Å². The van der Waals surface area contributed by atoms with E-state index in [0.717, 1.165) is 116 Å². The highest BCUT2D eigenvalue weighted by molar-refractivity contribution is 5.71. The topological polar surface area (TPSA) is 78.9 Å². The van der Waals surface area contributed by atoms with Crippen LogP contribution in [-0.4, -0.2) is 37.2 Å². The quantitative estimate of drug-likeness (QED) is 0.0261. The molecule has 6 nitrogen and oxygen atoms in total. The Labute approximate surface area is 513 Å². The highest BCUT2D eigenvalue weighted by Crippen LogP contribution is 2.17. The molecule has 0 bridgehead atoms. The van der Waals surface area contributed by atoms with E-state index >= 15 is 0 Å². The van der Waals surface area contributed by atoms with Gasteiger partial charge in [0, 0.05) is 19.3 Å². The van der Waals surface area contributed by atoms with Gasteiger partial charge < -0.3 is 14.2 Å². The van der Waals surface area contributed by atoms with E-state index in [1.807, 2.05) is 0 Å². The summed E-state index contributed by atoms with van der Waals surface area (Å²) in [6.07, 6.45) is 98.0. The standard InChI is InChI=1S/C77H130O6/c1-4-7-10-13-16-19-22-25-28-30-32-34-35-36-37-38-39-40-41-43-44-46-49-52-55-58-61-64-67-70-76(79)82-73-74(72-81-75(78)69-66-63-60-57-54-51-48-27-24-21-18-15-12-9-6-3)83-77(80)71-68-65-62-59-56-53-50-47-45-42-33-31-29-26-23-20-17-14-11-8-5-2/h7-8,10-11,16-17,19-20,25-26,28-29,32-34,42,47,50,56,59,74H,4-6,9,12-15,18,21-24,27,30-31,35-41,43-46,48-49,51-55,57-58,60-73H2,1-3H3/b10-7-,11-8-,19-16-,20-17-,28-25-,29-26-,34-32-,42-33-,50-47-,59-56-. The van der Waals surface area contributed by atoms with E-state index in [0.29, 0.717) is 19.3 Å². The first kappa shape index (κ1) is 78.8. The summed E-state index contributed by atoms with van der Waals surface area (Å²) in [4.78, 5) is 38.4.